The Morgan fingerprint density at radius 2 is 2.24 bits per heavy atom. The lowest BCUT2D eigenvalue weighted by Gasteiger charge is -2.16. The van der Waals surface area contributed by atoms with Gasteiger partial charge in [0.1, 0.15) is 18.8 Å². The minimum absolute atomic E-state index is 0.241. The summed E-state index contributed by atoms with van der Waals surface area (Å²) in [6, 6.07) is 2.03. The molecule has 0 aromatic rings. The van der Waals surface area contributed by atoms with Crippen LogP contribution in [-0.4, -0.2) is 41.3 Å². The number of hydrogen-bond acceptors (Lipinski definition) is 3. The number of hydrogen-bond donors (Lipinski definition) is 1. The topological polar surface area (TPSA) is 53.9 Å². The molecule has 0 bridgehead atoms. The normalized spacial score (nSPS) is 21.6. The van der Waals surface area contributed by atoms with E-state index in [1.54, 1.807) is 0 Å². The van der Waals surface area contributed by atoms with Gasteiger partial charge in [0.05, 0.1) is 0 Å². The highest BCUT2D eigenvalue weighted by molar-refractivity contribution is 6.06. The third-order valence-electron chi connectivity index (χ3n) is 3.00. The SMILES string of the molecule is CN1C2=CC=CC=CC2=[N+](C)C1C(=C=N)C#N. The molecular weight excluding hydrogens is 212 g/mol. The first-order valence-corrected chi connectivity index (χ1v) is 5.28. The van der Waals surface area contributed by atoms with Crippen LogP contribution in [0.25, 0.3) is 0 Å². The predicted molar refractivity (Wildman–Crippen MR) is 66.0 cm³/mol. The standard InChI is InChI=1S/C13H13N4/c1-16-11-6-4-3-5-7-12(11)17(2)13(16)10(8-14)9-15/h3-7,13-14H,1-2H3/q+1. The summed E-state index contributed by atoms with van der Waals surface area (Å²) in [5.41, 5.74) is 2.41. The molecule has 0 aromatic heterocycles. The van der Waals surface area contributed by atoms with E-state index in [-0.39, 0.29) is 6.17 Å². The smallest absolute Gasteiger partial charge is 0.274 e. The predicted octanol–water partition coefficient (Wildman–Crippen LogP) is 1.05. The molecule has 17 heavy (non-hydrogen) atoms. The second kappa shape index (κ2) is 4.25. The van der Waals surface area contributed by atoms with Gasteiger partial charge in [-0.1, -0.05) is 18.2 Å². The molecular formula is C13H13N4+. The van der Waals surface area contributed by atoms with Gasteiger partial charge in [0, 0.05) is 19.0 Å². The number of rotatable bonds is 1. The van der Waals surface area contributed by atoms with Crippen LogP contribution in [0.15, 0.2) is 41.7 Å². The fraction of sp³-hybridized carbons (Fsp3) is 0.231. The van der Waals surface area contributed by atoms with Gasteiger partial charge in [-0.15, -0.1) is 0 Å². The first-order valence-electron chi connectivity index (χ1n) is 5.28. The Labute approximate surface area is 100 Å². The van der Waals surface area contributed by atoms with Gasteiger partial charge in [0.25, 0.3) is 6.17 Å². The molecule has 1 atom stereocenters. The van der Waals surface area contributed by atoms with Gasteiger partial charge in [-0.05, 0) is 6.08 Å². The van der Waals surface area contributed by atoms with Crippen LogP contribution in [0, 0.1) is 16.7 Å². The van der Waals surface area contributed by atoms with E-state index in [0.717, 1.165) is 11.4 Å². The first-order chi connectivity index (χ1) is 8.20. The third kappa shape index (κ3) is 1.63. The van der Waals surface area contributed by atoms with Crippen LogP contribution in [0.3, 0.4) is 0 Å². The van der Waals surface area contributed by atoms with Gasteiger partial charge >= 0.3 is 0 Å². The molecule has 1 N–H and O–H groups in total. The first kappa shape index (κ1) is 11.1. The van der Waals surface area contributed by atoms with E-state index in [9.17, 15) is 0 Å². The van der Waals surface area contributed by atoms with Crippen molar-refractivity contribution in [3.05, 3.63) is 41.7 Å². The number of likely N-dealkylation sites (N-methyl/N-ethyl adjacent to an activating group) is 2. The molecule has 0 amide bonds. The van der Waals surface area contributed by atoms with Crippen LogP contribution in [0.4, 0.5) is 0 Å². The fourth-order valence-electron chi connectivity index (χ4n) is 2.19. The summed E-state index contributed by atoms with van der Waals surface area (Å²) in [5, 5.41) is 16.2. The second-order valence-electron chi connectivity index (χ2n) is 3.93. The molecule has 1 aliphatic carbocycles. The fourth-order valence-corrected chi connectivity index (χ4v) is 2.19. The van der Waals surface area contributed by atoms with Crippen LogP contribution in [-0.2, 0) is 0 Å². The van der Waals surface area contributed by atoms with E-state index in [2.05, 4.69) is 5.87 Å². The van der Waals surface area contributed by atoms with Crippen molar-refractivity contribution < 1.29 is 4.58 Å². The number of allylic oxidation sites excluding steroid dienone is 5. The van der Waals surface area contributed by atoms with Crippen molar-refractivity contribution in [2.45, 2.75) is 6.17 Å². The zero-order valence-corrected chi connectivity index (χ0v) is 9.81. The van der Waals surface area contributed by atoms with E-state index in [1.165, 1.54) is 0 Å². The third-order valence-corrected chi connectivity index (χ3v) is 3.00. The van der Waals surface area contributed by atoms with Gasteiger partial charge < -0.3 is 4.90 Å². The van der Waals surface area contributed by atoms with E-state index in [1.807, 2.05) is 60.0 Å². The zero-order valence-electron chi connectivity index (χ0n) is 9.81. The number of nitrogens with zero attached hydrogens (tertiary/aromatic N) is 3. The molecule has 1 heterocycles. The summed E-state index contributed by atoms with van der Waals surface area (Å²) in [7, 11) is 3.84. The number of nitrogens with one attached hydrogen (secondary N) is 1. The average Bonchev–Trinajstić information content (AvgIpc) is 2.54. The van der Waals surface area contributed by atoms with Crippen molar-refractivity contribution in [2.75, 3.05) is 14.1 Å². The van der Waals surface area contributed by atoms with E-state index >= 15 is 0 Å². The molecule has 1 unspecified atom stereocenters. The van der Waals surface area contributed by atoms with Crippen LogP contribution >= 0.6 is 0 Å². The highest BCUT2D eigenvalue weighted by atomic mass is 15.3. The summed E-state index contributed by atoms with van der Waals surface area (Å²) in [6.07, 6.45) is 9.66. The molecule has 0 saturated heterocycles. The van der Waals surface area contributed by atoms with Gasteiger partial charge in [-0.3, -0.25) is 5.41 Å². The Bertz CT molecular complexity index is 563. The molecule has 2 rings (SSSR count). The Hall–Kier alpha value is -2.37. The van der Waals surface area contributed by atoms with Crippen molar-refractivity contribution in [3.8, 4) is 6.07 Å². The largest absolute Gasteiger partial charge is 0.307 e. The summed E-state index contributed by atoms with van der Waals surface area (Å²) in [4.78, 5) is 1.98. The van der Waals surface area contributed by atoms with Crippen LogP contribution < -0.4 is 0 Å². The molecule has 4 nitrogen and oxygen atoms in total. The van der Waals surface area contributed by atoms with Crippen molar-refractivity contribution in [1.29, 1.82) is 10.7 Å². The lowest BCUT2D eigenvalue weighted by Crippen LogP contribution is -2.34. The molecule has 1 aliphatic heterocycles. The number of nitriles is 1. The maximum Gasteiger partial charge on any atom is 0.274 e. The molecule has 84 valence electrons. The van der Waals surface area contributed by atoms with Crippen molar-refractivity contribution >= 4 is 11.6 Å². The van der Waals surface area contributed by atoms with E-state index < -0.39 is 0 Å². The van der Waals surface area contributed by atoms with E-state index in [4.69, 9.17) is 10.7 Å². The lowest BCUT2D eigenvalue weighted by molar-refractivity contribution is -0.536. The Morgan fingerprint density at radius 1 is 1.47 bits per heavy atom. The molecule has 4 heteroatoms. The maximum atomic E-state index is 9.03. The van der Waals surface area contributed by atoms with E-state index in [0.29, 0.717) is 5.57 Å². The molecule has 0 aromatic carbocycles. The van der Waals surface area contributed by atoms with Crippen molar-refractivity contribution in [2.24, 2.45) is 0 Å². The highest BCUT2D eigenvalue weighted by Gasteiger charge is 2.40. The Morgan fingerprint density at radius 3 is 2.88 bits per heavy atom. The summed E-state index contributed by atoms with van der Waals surface area (Å²) < 4.78 is 1.98. The molecule has 0 fully saturated rings. The number of fused-ring (bicyclic) bond motifs is 1. The monoisotopic (exact) mass is 225 g/mol. The highest BCUT2D eigenvalue weighted by Crippen LogP contribution is 2.23. The Balaban J connectivity index is 2.56. The molecule has 0 saturated carbocycles. The average molecular weight is 225 g/mol. The van der Waals surface area contributed by atoms with Gasteiger partial charge in [0.2, 0.25) is 5.71 Å². The second-order valence-corrected chi connectivity index (χ2v) is 3.93. The van der Waals surface area contributed by atoms with Crippen LogP contribution in [0.1, 0.15) is 0 Å². The molecule has 2 aliphatic rings. The quantitative estimate of drug-likeness (QED) is 0.412. The van der Waals surface area contributed by atoms with Crippen LogP contribution in [0.2, 0.25) is 0 Å². The lowest BCUT2D eigenvalue weighted by atomic mass is 10.2. The van der Waals surface area contributed by atoms with Gasteiger partial charge in [-0.25, -0.2) is 4.58 Å². The van der Waals surface area contributed by atoms with Crippen molar-refractivity contribution in [1.82, 2.24) is 4.90 Å². The summed E-state index contributed by atoms with van der Waals surface area (Å²) in [5.74, 6) is 2.22. The minimum atomic E-state index is -0.241. The summed E-state index contributed by atoms with van der Waals surface area (Å²) in [6.45, 7) is 0. The minimum Gasteiger partial charge on any atom is -0.307 e. The Kier molecular flexibility index (Phi) is 2.78. The van der Waals surface area contributed by atoms with Gasteiger partial charge in [-0.2, -0.15) is 5.26 Å². The van der Waals surface area contributed by atoms with Crippen LogP contribution in [0.5, 0.6) is 0 Å². The zero-order chi connectivity index (χ0) is 12.4. The summed E-state index contributed by atoms with van der Waals surface area (Å²) >= 11 is 0. The maximum absolute atomic E-state index is 9.03. The molecule has 0 spiro atoms. The van der Waals surface area contributed by atoms with Gasteiger partial charge in [0.15, 0.2) is 5.57 Å². The molecule has 0 radical (unpaired) electrons. The van der Waals surface area contributed by atoms with Crippen molar-refractivity contribution in [3.63, 3.8) is 0 Å².